The monoisotopic (exact) mass is 428 g/mol. The van der Waals surface area contributed by atoms with Crippen LogP contribution in [0.5, 0.6) is 5.75 Å². The van der Waals surface area contributed by atoms with Gasteiger partial charge in [0, 0.05) is 19.5 Å². The lowest BCUT2D eigenvalue weighted by Gasteiger charge is -2.13. The molecule has 30 heavy (non-hydrogen) atoms. The van der Waals surface area contributed by atoms with Crippen molar-refractivity contribution in [1.29, 1.82) is 0 Å². The summed E-state index contributed by atoms with van der Waals surface area (Å²) in [5.74, 6) is 0.317. The van der Waals surface area contributed by atoms with Crippen molar-refractivity contribution in [3.63, 3.8) is 0 Å². The molecule has 3 aromatic carbocycles. The molecular formula is C22H24N2O5S. The van der Waals surface area contributed by atoms with E-state index in [4.69, 9.17) is 4.74 Å². The summed E-state index contributed by atoms with van der Waals surface area (Å²) < 4.78 is 32.4. The number of nitrogens with one attached hydrogen (secondary N) is 2. The Bertz CT molecular complexity index is 1110. The Hall–Kier alpha value is -2.94. The summed E-state index contributed by atoms with van der Waals surface area (Å²) in [6, 6.07) is 19.2. The number of sulfonamides is 1. The lowest BCUT2D eigenvalue weighted by molar-refractivity contribution is -0.121. The van der Waals surface area contributed by atoms with Crippen molar-refractivity contribution in [3.8, 4) is 5.75 Å². The number of amides is 1. The van der Waals surface area contributed by atoms with E-state index in [0.29, 0.717) is 11.3 Å². The van der Waals surface area contributed by atoms with Crippen LogP contribution in [0.25, 0.3) is 10.8 Å². The van der Waals surface area contributed by atoms with Gasteiger partial charge in [-0.25, -0.2) is 13.1 Å². The van der Waals surface area contributed by atoms with E-state index in [-0.39, 0.29) is 30.3 Å². The third kappa shape index (κ3) is 5.56. The Labute approximate surface area is 175 Å². The zero-order valence-electron chi connectivity index (χ0n) is 16.5. The highest BCUT2D eigenvalue weighted by atomic mass is 32.2. The number of hydrogen-bond acceptors (Lipinski definition) is 5. The van der Waals surface area contributed by atoms with Gasteiger partial charge in [0.05, 0.1) is 18.1 Å². The molecule has 0 fully saturated rings. The Morgan fingerprint density at radius 3 is 2.43 bits per heavy atom. The molecular weight excluding hydrogens is 404 g/mol. The summed E-state index contributed by atoms with van der Waals surface area (Å²) >= 11 is 0. The Morgan fingerprint density at radius 1 is 1.03 bits per heavy atom. The van der Waals surface area contributed by atoms with Crippen LogP contribution in [-0.4, -0.2) is 39.6 Å². The highest BCUT2D eigenvalue weighted by molar-refractivity contribution is 7.89. The summed E-state index contributed by atoms with van der Waals surface area (Å²) in [7, 11) is -2.16. The van der Waals surface area contributed by atoms with Crippen LogP contribution in [0.1, 0.15) is 18.1 Å². The lowest BCUT2D eigenvalue weighted by Crippen LogP contribution is -2.32. The largest absolute Gasteiger partial charge is 0.497 e. The van der Waals surface area contributed by atoms with Crippen molar-refractivity contribution in [3.05, 3.63) is 72.3 Å². The molecule has 0 aliphatic rings. The zero-order chi connectivity index (χ0) is 21.6. The molecule has 1 amide bonds. The van der Waals surface area contributed by atoms with Crippen LogP contribution in [-0.2, 0) is 14.8 Å². The molecule has 0 saturated carbocycles. The molecule has 1 unspecified atom stereocenters. The van der Waals surface area contributed by atoms with Gasteiger partial charge >= 0.3 is 0 Å². The summed E-state index contributed by atoms with van der Waals surface area (Å²) in [6.45, 7) is -0.0117. The minimum atomic E-state index is -3.72. The van der Waals surface area contributed by atoms with Crippen molar-refractivity contribution in [1.82, 2.24) is 10.0 Å². The fraction of sp³-hybridized carbons (Fsp3) is 0.227. The second-order valence-electron chi connectivity index (χ2n) is 6.75. The van der Waals surface area contributed by atoms with Crippen LogP contribution >= 0.6 is 0 Å². The van der Waals surface area contributed by atoms with Crippen molar-refractivity contribution in [2.45, 2.75) is 17.4 Å². The zero-order valence-corrected chi connectivity index (χ0v) is 17.4. The van der Waals surface area contributed by atoms with Crippen LogP contribution in [0, 0.1) is 0 Å². The summed E-state index contributed by atoms with van der Waals surface area (Å²) in [5, 5.41) is 14.5. The molecule has 3 rings (SSSR count). The van der Waals surface area contributed by atoms with Gasteiger partial charge in [-0.3, -0.25) is 4.79 Å². The molecule has 7 nitrogen and oxygen atoms in total. The molecule has 3 aromatic rings. The highest BCUT2D eigenvalue weighted by Gasteiger charge is 2.15. The number of ether oxygens (including phenoxy) is 1. The lowest BCUT2D eigenvalue weighted by atomic mass is 10.1. The third-order valence-electron chi connectivity index (χ3n) is 4.67. The van der Waals surface area contributed by atoms with Crippen LogP contribution in [0.2, 0.25) is 0 Å². The fourth-order valence-corrected chi connectivity index (χ4v) is 4.03. The second-order valence-corrected chi connectivity index (χ2v) is 8.52. The van der Waals surface area contributed by atoms with Gasteiger partial charge in [0.1, 0.15) is 5.75 Å². The quantitative estimate of drug-likeness (QED) is 0.485. The molecule has 0 spiro atoms. The first-order valence-electron chi connectivity index (χ1n) is 9.46. The maximum Gasteiger partial charge on any atom is 0.240 e. The van der Waals surface area contributed by atoms with Crippen LogP contribution < -0.4 is 14.8 Å². The number of aliphatic hydroxyl groups excluding tert-OH is 1. The highest BCUT2D eigenvalue weighted by Crippen LogP contribution is 2.19. The van der Waals surface area contributed by atoms with E-state index in [1.807, 2.05) is 24.3 Å². The number of aliphatic hydroxyl groups is 1. The van der Waals surface area contributed by atoms with E-state index in [1.54, 1.807) is 43.5 Å². The van der Waals surface area contributed by atoms with Crippen LogP contribution in [0.3, 0.4) is 0 Å². The molecule has 1 atom stereocenters. The Morgan fingerprint density at radius 2 is 1.73 bits per heavy atom. The van der Waals surface area contributed by atoms with E-state index < -0.39 is 16.1 Å². The number of carbonyl (C=O) groups is 1. The smallest absolute Gasteiger partial charge is 0.240 e. The molecule has 3 N–H and O–H groups in total. The van der Waals surface area contributed by atoms with Gasteiger partial charge in [0.25, 0.3) is 0 Å². The number of rotatable bonds is 9. The summed E-state index contributed by atoms with van der Waals surface area (Å²) in [4.78, 5) is 12.1. The van der Waals surface area contributed by atoms with E-state index >= 15 is 0 Å². The van der Waals surface area contributed by atoms with Crippen LogP contribution in [0.15, 0.2) is 71.6 Å². The van der Waals surface area contributed by atoms with E-state index in [1.165, 1.54) is 6.07 Å². The number of hydrogen-bond donors (Lipinski definition) is 3. The standard InChI is InChI=1S/C22H24N2O5S/c1-29-19-9-6-17(7-10-19)21(25)15-23-22(26)12-13-24-30(27,28)20-11-8-16-4-2-3-5-18(16)14-20/h2-11,14,21,24-25H,12-13,15H2,1H3,(H,23,26). The predicted octanol–water partition coefficient (Wildman–Crippen LogP) is 2.37. The fourth-order valence-electron chi connectivity index (χ4n) is 2.96. The molecule has 158 valence electrons. The number of carbonyl (C=O) groups excluding carboxylic acids is 1. The summed E-state index contributed by atoms with van der Waals surface area (Å²) in [5.41, 5.74) is 0.646. The normalized spacial score (nSPS) is 12.5. The van der Waals surface area contributed by atoms with E-state index in [2.05, 4.69) is 10.0 Å². The minimum absolute atomic E-state index is 0.0303. The van der Waals surface area contributed by atoms with Gasteiger partial charge in [-0.1, -0.05) is 42.5 Å². The molecule has 0 aliphatic heterocycles. The van der Waals surface area contributed by atoms with E-state index in [9.17, 15) is 18.3 Å². The predicted molar refractivity (Wildman–Crippen MR) is 115 cm³/mol. The van der Waals surface area contributed by atoms with Gasteiger partial charge in [-0.15, -0.1) is 0 Å². The van der Waals surface area contributed by atoms with Gasteiger partial charge < -0.3 is 15.2 Å². The van der Waals surface area contributed by atoms with Crippen LogP contribution in [0.4, 0.5) is 0 Å². The number of fused-ring (bicyclic) bond motifs is 1. The first-order valence-corrected chi connectivity index (χ1v) is 10.9. The van der Waals surface area contributed by atoms with Gasteiger partial charge in [-0.2, -0.15) is 0 Å². The van der Waals surface area contributed by atoms with Gasteiger partial charge in [-0.05, 0) is 40.6 Å². The first-order chi connectivity index (χ1) is 14.4. The topological polar surface area (TPSA) is 105 Å². The van der Waals surface area contributed by atoms with Crippen molar-refractivity contribution < 1.29 is 23.1 Å². The average Bonchev–Trinajstić information content (AvgIpc) is 2.77. The molecule has 0 bridgehead atoms. The van der Waals surface area contributed by atoms with Crippen molar-refractivity contribution in [2.75, 3.05) is 20.2 Å². The SMILES string of the molecule is COc1ccc(C(O)CNC(=O)CCNS(=O)(=O)c2ccc3ccccc3c2)cc1. The number of benzene rings is 3. The molecule has 8 heteroatoms. The third-order valence-corrected chi connectivity index (χ3v) is 6.13. The Balaban J connectivity index is 1.47. The molecule has 0 radical (unpaired) electrons. The minimum Gasteiger partial charge on any atom is -0.497 e. The average molecular weight is 429 g/mol. The van der Waals surface area contributed by atoms with Crippen molar-refractivity contribution in [2.24, 2.45) is 0 Å². The molecule has 0 heterocycles. The maximum atomic E-state index is 12.5. The molecule has 0 aliphatic carbocycles. The van der Waals surface area contributed by atoms with Gasteiger partial charge in [0.15, 0.2) is 0 Å². The molecule has 0 aromatic heterocycles. The maximum absolute atomic E-state index is 12.5. The van der Waals surface area contributed by atoms with E-state index in [0.717, 1.165) is 10.8 Å². The second kappa shape index (κ2) is 9.71. The van der Waals surface area contributed by atoms with Crippen molar-refractivity contribution >= 4 is 26.7 Å². The number of methoxy groups -OCH3 is 1. The summed E-state index contributed by atoms with van der Waals surface area (Å²) in [6.07, 6.45) is -0.906. The van der Waals surface area contributed by atoms with Gasteiger partial charge in [0.2, 0.25) is 15.9 Å². The molecule has 0 saturated heterocycles. The first kappa shape index (κ1) is 21.8. The Kier molecular flexibility index (Phi) is 7.04.